The highest BCUT2D eigenvalue weighted by Crippen LogP contribution is 2.26. The maximum atomic E-state index is 12.0. The summed E-state index contributed by atoms with van der Waals surface area (Å²) in [6, 6.07) is 7.08. The van der Waals surface area contributed by atoms with E-state index in [0.717, 1.165) is 12.8 Å². The third kappa shape index (κ3) is 5.21. The fraction of sp³-hybridized carbons (Fsp3) is 0.562. The molecule has 1 atom stereocenters. The molecule has 0 aliphatic heterocycles. The van der Waals surface area contributed by atoms with Crippen molar-refractivity contribution in [2.75, 3.05) is 13.2 Å². The molecule has 1 fully saturated rings. The van der Waals surface area contributed by atoms with E-state index in [0.29, 0.717) is 23.2 Å². The van der Waals surface area contributed by atoms with Crippen molar-refractivity contribution in [1.29, 1.82) is 0 Å². The smallest absolute Gasteiger partial charge is 0.258 e. The molecule has 4 nitrogen and oxygen atoms in total. The van der Waals surface area contributed by atoms with Crippen LogP contribution in [0.1, 0.15) is 32.1 Å². The first-order valence-corrected chi connectivity index (χ1v) is 7.94. The van der Waals surface area contributed by atoms with E-state index in [9.17, 15) is 4.79 Å². The molecule has 1 aromatic carbocycles. The summed E-state index contributed by atoms with van der Waals surface area (Å²) >= 11 is 5.87. The molecular weight excluding hydrogens is 288 g/mol. The summed E-state index contributed by atoms with van der Waals surface area (Å²) in [5.41, 5.74) is 5.81. The molecule has 0 spiro atoms. The molecule has 1 saturated carbocycles. The number of amides is 1. The summed E-state index contributed by atoms with van der Waals surface area (Å²) in [6.45, 7) is 0.469. The van der Waals surface area contributed by atoms with Gasteiger partial charge in [-0.1, -0.05) is 36.9 Å². The van der Waals surface area contributed by atoms with Gasteiger partial charge in [-0.15, -0.1) is 0 Å². The number of nitrogens with two attached hydrogens (primary N) is 1. The zero-order chi connectivity index (χ0) is 15.1. The lowest BCUT2D eigenvalue weighted by Gasteiger charge is -2.30. The average molecular weight is 311 g/mol. The van der Waals surface area contributed by atoms with Gasteiger partial charge >= 0.3 is 0 Å². The predicted octanol–water partition coefficient (Wildman–Crippen LogP) is 2.74. The fourth-order valence-corrected chi connectivity index (χ4v) is 3.04. The number of carbonyl (C=O) groups excluding carboxylic acids is 1. The molecule has 0 heterocycles. The Kier molecular flexibility index (Phi) is 6.33. The van der Waals surface area contributed by atoms with Gasteiger partial charge in [0.2, 0.25) is 0 Å². The summed E-state index contributed by atoms with van der Waals surface area (Å²) in [4.78, 5) is 12.0. The van der Waals surface area contributed by atoms with E-state index >= 15 is 0 Å². The van der Waals surface area contributed by atoms with E-state index in [4.69, 9.17) is 22.1 Å². The SMILES string of the molecule is NCC(NC(=O)COc1cccc(Cl)c1)C1CCCCC1. The van der Waals surface area contributed by atoms with E-state index in [-0.39, 0.29) is 18.6 Å². The fourth-order valence-electron chi connectivity index (χ4n) is 2.86. The summed E-state index contributed by atoms with van der Waals surface area (Å²) in [7, 11) is 0. The van der Waals surface area contributed by atoms with Crippen LogP contribution in [-0.2, 0) is 4.79 Å². The van der Waals surface area contributed by atoms with Gasteiger partial charge < -0.3 is 15.8 Å². The third-order valence-corrected chi connectivity index (χ3v) is 4.22. The molecule has 1 amide bonds. The first-order chi connectivity index (χ1) is 10.2. The van der Waals surface area contributed by atoms with Crippen molar-refractivity contribution in [1.82, 2.24) is 5.32 Å². The molecule has 5 heteroatoms. The van der Waals surface area contributed by atoms with Gasteiger partial charge in [0.15, 0.2) is 6.61 Å². The highest BCUT2D eigenvalue weighted by atomic mass is 35.5. The Labute approximate surface area is 131 Å². The Morgan fingerprint density at radius 2 is 2.14 bits per heavy atom. The Bertz CT molecular complexity index is 461. The lowest BCUT2D eigenvalue weighted by atomic mass is 9.84. The maximum Gasteiger partial charge on any atom is 0.258 e. The Morgan fingerprint density at radius 3 is 2.81 bits per heavy atom. The predicted molar refractivity (Wildman–Crippen MR) is 84.5 cm³/mol. The van der Waals surface area contributed by atoms with Crippen LogP contribution in [0, 0.1) is 5.92 Å². The quantitative estimate of drug-likeness (QED) is 0.849. The number of hydrogen-bond donors (Lipinski definition) is 2. The number of halogens is 1. The maximum absolute atomic E-state index is 12.0. The van der Waals surface area contributed by atoms with Gasteiger partial charge in [-0.05, 0) is 37.0 Å². The van der Waals surface area contributed by atoms with E-state index in [1.807, 2.05) is 0 Å². The molecule has 0 aromatic heterocycles. The van der Waals surface area contributed by atoms with Crippen molar-refractivity contribution in [2.45, 2.75) is 38.1 Å². The normalized spacial score (nSPS) is 17.2. The molecule has 1 aromatic rings. The molecule has 0 bridgehead atoms. The summed E-state index contributed by atoms with van der Waals surface area (Å²) in [5.74, 6) is 0.967. The second kappa shape index (κ2) is 8.25. The van der Waals surface area contributed by atoms with Crippen molar-refractivity contribution in [2.24, 2.45) is 11.7 Å². The van der Waals surface area contributed by atoms with Gasteiger partial charge in [-0.25, -0.2) is 0 Å². The van der Waals surface area contributed by atoms with Gasteiger partial charge in [0.1, 0.15) is 5.75 Å². The van der Waals surface area contributed by atoms with Crippen LogP contribution in [-0.4, -0.2) is 25.1 Å². The topological polar surface area (TPSA) is 64.3 Å². The first kappa shape index (κ1) is 16.1. The number of carbonyl (C=O) groups is 1. The largest absolute Gasteiger partial charge is 0.484 e. The minimum atomic E-state index is -0.129. The van der Waals surface area contributed by atoms with Gasteiger partial charge in [0, 0.05) is 17.6 Å². The van der Waals surface area contributed by atoms with Crippen molar-refractivity contribution in [3.05, 3.63) is 29.3 Å². The van der Waals surface area contributed by atoms with Crippen LogP contribution in [0.4, 0.5) is 0 Å². The van der Waals surface area contributed by atoms with Crippen molar-refractivity contribution >= 4 is 17.5 Å². The van der Waals surface area contributed by atoms with E-state index < -0.39 is 0 Å². The molecule has 2 rings (SSSR count). The van der Waals surface area contributed by atoms with Gasteiger partial charge in [-0.3, -0.25) is 4.79 Å². The molecule has 0 radical (unpaired) electrons. The van der Waals surface area contributed by atoms with E-state index in [1.165, 1.54) is 19.3 Å². The Balaban J connectivity index is 1.79. The van der Waals surface area contributed by atoms with Gasteiger partial charge in [-0.2, -0.15) is 0 Å². The number of ether oxygens (including phenoxy) is 1. The number of nitrogens with one attached hydrogen (secondary N) is 1. The lowest BCUT2D eigenvalue weighted by molar-refractivity contribution is -0.124. The van der Waals surface area contributed by atoms with Gasteiger partial charge in [0.25, 0.3) is 5.91 Å². The monoisotopic (exact) mass is 310 g/mol. The first-order valence-electron chi connectivity index (χ1n) is 7.57. The summed E-state index contributed by atoms with van der Waals surface area (Å²) in [6.07, 6.45) is 6.06. The van der Waals surface area contributed by atoms with E-state index in [2.05, 4.69) is 5.32 Å². The standard InChI is InChI=1S/C16H23ClN2O2/c17-13-7-4-8-14(9-13)21-11-16(20)19-15(10-18)12-5-2-1-3-6-12/h4,7-9,12,15H,1-3,5-6,10-11,18H2,(H,19,20). The van der Waals surface area contributed by atoms with Crippen molar-refractivity contribution in [3.8, 4) is 5.75 Å². The van der Waals surface area contributed by atoms with Crippen molar-refractivity contribution < 1.29 is 9.53 Å². The third-order valence-electron chi connectivity index (χ3n) is 3.99. The summed E-state index contributed by atoms with van der Waals surface area (Å²) < 4.78 is 5.44. The Morgan fingerprint density at radius 1 is 1.38 bits per heavy atom. The van der Waals surface area contributed by atoms with Crippen LogP contribution in [0.5, 0.6) is 5.75 Å². The average Bonchev–Trinajstić information content (AvgIpc) is 2.51. The molecule has 1 aliphatic rings. The van der Waals surface area contributed by atoms with Crippen LogP contribution in [0.2, 0.25) is 5.02 Å². The molecule has 116 valence electrons. The highest BCUT2D eigenvalue weighted by Gasteiger charge is 2.23. The molecule has 0 saturated heterocycles. The zero-order valence-electron chi connectivity index (χ0n) is 12.2. The minimum absolute atomic E-state index is 0.0104. The minimum Gasteiger partial charge on any atom is -0.484 e. The zero-order valence-corrected chi connectivity index (χ0v) is 12.9. The van der Waals surface area contributed by atoms with Gasteiger partial charge in [0.05, 0.1) is 0 Å². The molecule has 1 aliphatic carbocycles. The Hall–Kier alpha value is -1.26. The van der Waals surface area contributed by atoms with Crippen LogP contribution >= 0.6 is 11.6 Å². The number of hydrogen-bond acceptors (Lipinski definition) is 3. The molecule has 21 heavy (non-hydrogen) atoms. The second-order valence-electron chi connectivity index (χ2n) is 5.55. The number of rotatable bonds is 6. The molecule has 3 N–H and O–H groups in total. The highest BCUT2D eigenvalue weighted by molar-refractivity contribution is 6.30. The lowest BCUT2D eigenvalue weighted by Crippen LogP contribution is -2.47. The van der Waals surface area contributed by atoms with Crippen LogP contribution in [0.15, 0.2) is 24.3 Å². The van der Waals surface area contributed by atoms with Crippen molar-refractivity contribution in [3.63, 3.8) is 0 Å². The van der Waals surface area contributed by atoms with Crippen LogP contribution in [0.25, 0.3) is 0 Å². The second-order valence-corrected chi connectivity index (χ2v) is 5.99. The van der Waals surface area contributed by atoms with Crippen LogP contribution in [0.3, 0.4) is 0 Å². The molecule has 1 unspecified atom stereocenters. The summed E-state index contributed by atoms with van der Waals surface area (Å²) in [5, 5.41) is 3.59. The number of benzene rings is 1. The van der Waals surface area contributed by atoms with E-state index in [1.54, 1.807) is 24.3 Å². The molecular formula is C16H23ClN2O2. The van der Waals surface area contributed by atoms with Crippen LogP contribution < -0.4 is 15.8 Å².